The summed E-state index contributed by atoms with van der Waals surface area (Å²) in [5.74, 6) is -0.539. The average molecular weight is 227 g/mol. The van der Waals surface area contributed by atoms with Crippen molar-refractivity contribution in [2.75, 3.05) is 0 Å². The van der Waals surface area contributed by atoms with E-state index in [4.69, 9.17) is 0 Å². The summed E-state index contributed by atoms with van der Waals surface area (Å²) in [7, 11) is 0. The molecule has 0 N–H and O–H groups in total. The quantitative estimate of drug-likeness (QED) is 0.568. The monoisotopic (exact) mass is 227 g/mol. The molecule has 1 aromatic rings. The molecule has 0 aromatic heterocycles. The molecule has 86 valence electrons. The molecule has 0 unspecified atom stereocenters. The van der Waals surface area contributed by atoms with Gasteiger partial charge in [0.2, 0.25) is 0 Å². The number of rotatable bonds is 4. The van der Waals surface area contributed by atoms with Crippen LogP contribution in [-0.2, 0) is 4.79 Å². The molecule has 0 fully saturated rings. The molecular formula is C11H11BF3O-. The van der Waals surface area contributed by atoms with Gasteiger partial charge in [0.1, 0.15) is 0 Å². The molecule has 1 aromatic carbocycles. The van der Waals surface area contributed by atoms with Gasteiger partial charge < -0.3 is 12.9 Å². The fourth-order valence-corrected chi connectivity index (χ4v) is 1.30. The van der Waals surface area contributed by atoms with Crippen molar-refractivity contribution in [2.45, 2.75) is 13.2 Å². The maximum atomic E-state index is 12.2. The van der Waals surface area contributed by atoms with Crippen LogP contribution in [0.25, 0.3) is 6.08 Å². The molecule has 0 radical (unpaired) electrons. The van der Waals surface area contributed by atoms with Crippen LogP contribution in [0.4, 0.5) is 12.9 Å². The Balaban J connectivity index is 2.95. The first-order chi connectivity index (χ1) is 7.38. The van der Waals surface area contributed by atoms with Crippen LogP contribution < -0.4 is 0 Å². The molecule has 5 heteroatoms. The van der Waals surface area contributed by atoms with Gasteiger partial charge in [-0.25, -0.2) is 0 Å². The van der Waals surface area contributed by atoms with Gasteiger partial charge in [0, 0.05) is 0 Å². The molecule has 0 saturated carbocycles. The van der Waals surface area contributed by atoms with Gasteiger partial charge >= 0.3 is 6.98 Å². The van der Waals surface area contributed by atoms with Crippen molar-refractivity contribution in [1.29, 1.82) is 0 Å². The fourth-order valence-electron chi connectivity index (χ4n) is 1.30. The number of halogens is 3. The normalized spacial score (nSPS) is 12.6. The third kappa shape index (κ3) is 4.34. The lowest BCUT2D eigenvalue weighted by molar-refractivity contribution is -0.113. The van der Waals surface area contributed by atoms with E-state index in [9.17, 15) is 17.7 Å². The molecule has 0 amide bonds. The summed E-state index contributed by atoms with van der Waals surface area (Å²) >= 11 is 0. The second-order valence-electron chi connectivity index (χ2n) is 3.55. The first-order valence-corrected chi connectivity index (χ1v) is 4.86. The van der Waals surface area contributed by atoms with Gasteiger partial charge in [-0.3, -0.25) is 4.79 Å². The lowest BCUT2D eigenvalue weighted by Crippen LogP contribution is -2.17. The summed E-state index contributed by atoms with van der Waals surface area (Å²) in [5.41, 5.74) is 0.409. The molecule has 0 aliphatic rings. The zero-order valence-electron chi connectivity index (χ0n) is 8.79. The SMILES string of the molecule is CC(=O)/C(=C/c1ccccc1)C[B-](F)(F)F. The highest BCUT2D eigenvalue weighted by Gasteiger charge is 2.25. The standard InChI is InChI=1S/C11H11BF3O/c1-9(16)11(8-12(13,14)15)7-10-5-3-2-4-6-10/h2-7H,8H2,1H3/q-1/b11-7+. The number of benzene rings is 1. The minimum Gasteiger partial charge on any atom is -0.449 e. The topological polar surface area (TPSA) is 17.1 Å². The molecule has 0 spiro atoms. The maximum absolute atomic E-state index is 12.2. The van der Waals surface area contributed by atoms with E-state index in [0.29, 0.717) is 5.56 Å². The van der Waals surface area contributed by atoms with Crippen molar-refractivity contribution in [1.82, 2.24) is 0 Å². The third-order valence-electron chi connectivity index (χ3n) is 2.04. The Labute approximate surface area is 92.0 Å². The van der Waals surface area contributed by atoms with E-state index in [0.717, 1.165) is 6.92 Å². The highest BCUT2D eigenvalue weighted by Crippen LogP contribution is 2.23. The van der Waals surface area contributed by atoms with E-state index < -0.39 is 19.1 Å². The van der Waals surface area contributed by atoms with Crippen LogP contribution in [0, 0.1) is 0 Å². The maximum Gasteiger partial charge on any atom is 0.482 e. The first kappa shape index (κ1) is 12.6. The fraction of sp³-hybridized carbons (Fsp3) is 0.182. The molecule has 0 aliphatic carbocycles. The Morgan fingerprint density at radius 2 is 1.81 bits per heavy atom. The summed E-state index contributed by atoms with van der Waals surface area (Å²) in [6.45, 7) is -3.82. The van der Waals surface area contributed by atoms with Crippen LogP contribution in [0.2, 0.25) is 6.32 Å². The lowest BCUT2D eigenvalue weighted by atomic mass is 9.80. The molecule has 1 rings (SSSR count). The Bertz CT molecular complexity index is 395. The Kier molecular flexibility index (Phi) is 3.93. The van der Waals surface area contributed by atoms with E-state index in [1.807, 2.05) is 0 Å². The highest BCUT2D eigenvalue weighted by molar-refractivity contribution is 6.60. The largest absolute Gasteiger partial charge is 0.482 e. The van der Waals surface area contributed by atoms with Crippen molar-refractivity contribution < 1.29 is 17.7 Å². The van der Waals surface area contributed by atoms with Gasteiger partial charge in [-0.2, -0.15) is 0 Å². The van der Waals surface area contributed by atoms with Crippen molar-refractivity contribution >= 4 is 18.8 Å². The lowest BCUT2D eigenvalue weighted by Gasteiger charge is -2.14. The number of carbonyl (C=O) groups excluding carboxylic acids is 1. The van der Waals surface area contributed by atoms with Crippen molar-refractivity contribution in [3.63, 3.8) is 0 Å². The minimum atomic E-state index is -4.97. The average Bonchev–Trinajstić information content (AvgIpc) is 2.16. The van der Waals surface area contributed by atoms with Gasteiger partial charge in [0.15, 0.2) is 5.78 Å². The smallest absolute Gasteiger partial charge is 0.449 e. The first-order valence-electron chi connectivity index (χ1n) is 4.86. The molecule has 0 aliphatic heterocycles. The van der Waals surface area contributed by atoms with Crippen LogP contribution in [-0.4, -0.2) is 12.8 Å². The predicted molar refractivity (Wildman–Crippen MR) is 59.0 cm³/mol. The van der Waals surface area contributed by atoms with Crippen molar-refractivity contribution in [3.05, 3.63) is 41.5 Å². The van der Waals surface area contributed by atoms with E-state index in [2.05, 4.69) is 0 Å². The summed E-state index contributed by atoms with van der Waals surface area (Å²) in [5, 5.41) is 0. The van der Waals surface area contributed by atoms with E-state index >= 15 is 0 Å². The van der Waals surface area contributed by atoms with E-state index in [1.165, 1.54) is 6.08 Å². The molecule has 0 saturated heterocycles. The van der Waals surface area contributed by atoms with Gasteiger partial charge in [0.05, 0.1) is 0 Å². The second-order valence-corrected chi connectivity index (χ2v) is 3.55. The molecular weight excluding hydrogens is 216 g/mol. The van der Waals surface area contributed by atoms with Gasteiger partial charge in [-0.1, -0.05) is 42.7 Å². The van der Waals surface area contributed by atoms with Gasteiger partial charge in [-0.15, -0.1) is 0 Å². The van der Waals surface area contributed by atoms with Crippen molar-refractivity contribution in [3.8, 4) is 0 Å². The van der Waals surface area contributed by atoms with Crippen LogP contribution in [0.15, 0.2) is 35.9 Å². The van der Waals surface area contributed by atoms with Crippen LogP contribution in [0.3, 0.4) is 0 Å². The van der Waals surface area contributed by atoms with Gasteiger partial charge in [-0.05, 0) is 18.1 Å². The molecule has 0 heterocycles. The Morgan fingerprint density at radius 1 is 1.25 bits per heavy atom. The molecule has 16 heavy (non-hydrogen) atoms. The number of Topliss-reactive ketones (excluding diaryl/α,β-unsaturated/α-hetero) is 1. The zero-order chi connectivity index (χ0) is 12.2. The molecule has 0 atom stereocenters. The van der Waals surface area contributed by atoms with Crippen LogP contribution in [0.1, 0.15) is 12.5 Å². The summed E-state index contributed by atoms with van der Waals surface area (Å²) in [6, 6.07) is 8.50. The minimum absolute atomic E-state index is 0.196. The number of hydrogen-bond acceptors (Lipinski definition) is 1. The Morgan fingerprint density at radius 3 is 2.25 bits per heavy atom. The molecule has 0 bridgehead atoms. The van der Waals surface area contributed by atoms with Gasteiger partial charge in [0.25, 0.3) is 0 Å². The number of ketones is 1. The summed E-state index contributed by atoms with van der Waals surface area (Å²) in [4.78, 5) is 11.1. The second kappa shape index (κ2) is 5.01. The van der Waals surface area contributed by atoms with Crippen molar-refractivity contribution in [2.24, 2.45) is 0 Å². The van der Waals surface area contributed by atoms with E-state index in [1.54, 1.807) is 30.3 Å². The third-order valence-corrected chi connectivity index (χ3v) is 2.04. The summed E-state index contributed by atoms with van der Waals surface area (Å²) in [6.07, 6.45) is 0.168. The van der Waals surface area contributed by atoms with E-state index in [-0.39, 0.29) is 5.57 Å². The number of hydrogen-bond donors (Lipinski definition) is 0. The zero-order valence-corrected chi connectivity index (χ0v) is 8.79. The predicted octanol–water partition coefficient (Wildman–Crippen LogP) is 3.51. The number of allylic oxidation sites excluding steroid dienone is 1. The number of carbonyl (C=O) groups is 1. The van der Waals surface area contributed by atoms with Crippen LogP contribution >= 0.6 is 0 Å². The summed E-state index contributed by atoms with van der Waals surface area (Å²) < 4.78 is 36.7. The Hall–Kier alpha value is -1.52. The van der Waals surface area contributed by atoms with Crippen LogP contribution in [0.5, 0.6) is 0 Å². The molecule has 1 nitrogen and oxygen atoms in total. The highest BCUT2D eigenvalue weighted by atomic mass is 19.4.